The predicted molar refractivity (Wildman–Crippen MR) is 85.1 cm³/mol. The van der Waals surface area contributed by atoms with Crippen LogP contribution in [0, 0.1) is 10.1 Å². The van der Waals surface area contributed by atoms with E-state index in [-0.39, 0.29) is 18.0 Å². The van der Waals surface area contributed by atoms with Crippen LogP contribution in [0.1, 0.15) is 27.7 Å². The Morgan fingerprint density at radius 3 is 2.50 bits per heavy atom. The fourth-order valence-corrected chi connectivity index (χ4v) is 1.62. The van der Waals surface area contributed by atoms with Gasteiger partial charge in [0, 0.05) is 6.07 Å². The molecule has 0 unspecified atom stereocenters. The van der Waals surface area contributed by atoms with Crippen LogP contribution in [0.2, 0.25) is 0 Å². The molecule has 1 aromatic carbocycles. The number of carbonyl (C=O) groups excluding carboxylic acids is 2. The van der Waals surface area contributed by atoms with E-state index in [1.54, 1.807) is 27.7 Å². The van der Waals surface area contributed by atoms with Crippen LogP contribution in [0.25, 0.3) is 0 Å². The second-order valence-corrected chi connectivity index (χ2v) is 5.66. The number of amides is 1. The molecule has 1 N–H and O–H groups in total. The van der Waals surface area contributed by atoms with Gasteiger partial charge in [-0.1, -0.05) is 0 Å². The van der Waals surface area contributed by atoms with Crippen molar-refractivity contribution in [3.8, 4) is 5.75 Å². The molecule has 0 heterocycles. The Labute approximate surface area is 139 Å². The molecule has 9 heteroatoms. The maximum absolute atomic E-state index is 11.7. The standard InChI is InChI=1S/C15H20N2O7/c1-5-22-13(18)9-23-12-7-6-10(8-11(12)17(20)21)16-14(19)24-15(2,3)4/h6-8H,5,9H2,1-4H3,(H,16,19). The Balaban J connectivity index is 2.85. The first kappa shape index (κ1) is 19.2. The first-order chi connectivity index (χ1) is 11.1. The van der Waals surface area contributed by atoms with E-state index in [0.29, 0.717) is 0 Å². The minimum Gasteiger partial charge on any atom is -0.475 e. The van der Waals surface area contributed by atoms with Crippen molar-refractivity contribution < 1.29 is 28.7 Å². The van der Waals surface area contributed by atoms with Crippen molar-refractivity contribution in [1.82, 2.24) is 0 Å². The molecule has 0 spiro atoms. The minimum absolute atomic E-state index is 0.109. The van der Waals surface area contributed by atoms with Crippen LogP contribution >= 0.6 is 0 Å². The molecule has 0 fully saturated rings. The summed E-state index contributed by atoms with van der Waals surface area (Å²) in [6.07, 6.45) is -0.739. The number of carbonyl (C=O) groups is 2. The number of ether oxygens (including phenoxy) is 3. The Morgan fingerprint density at radius 1 is 1.29 bits per heavy atom. The molecule has 1 amide bonds. The second-order valence-electron chi connectivity index (χ2n) is 5.66. The van der Waals surface area contributed by atoms with Gasteiger partial charge in [-0.05, 0) is 39.8 Å². The summed E-state index contributed by atoms with van der Waals surface area (Å²) in [6, 6.07) is 3.80. The average Bonchev–Trinajstić information content (AvgIpc) is 2.43. The van der Waals surface area contributed by atoms with E-state index >= 15 is 0 Å². The maximum Gasteiger partial charge on any atom is 0.412 e. The number of nitro benzene ring substituents is 1. The lowest BCUT2D eigenvalue weighted by Gasteiger charge is -2.19. The van der Waals surface area contributed by atoms with Crippen molar-refractivity contribution in [2.45, 2.75) is 33.3 Å². The number of benzene rings is 1. The van der Waals surface area contributed by atoms with Crippen molar-refractivity contribution in [3.63, 3.8) is 0 Å². The monoisotopic (exact) mass is 340 g/mol. The molecule has 0 saturated heterocycles. The number of nitrogens with zero attached hydrogens (tertiary/aromatic N) is 1. The number of nitrogens with one attached hydrogen (secondary N) is 1. The Kier molecular flexibility index (Phi) is 6.51. The molecule has 0 aliphatic rings. The number of esters is 1. The van der Waals surface area contributed by atoms with Gasteiger partial charge in [0.25, 0.3) is 0 Å². The van der Waals surface area contributed by atoms with Crippen LogP contribution in [0.15, 0.2) is 18.2 Å². The first-order valence-corrected chi connectivity index (χ1v) is 7.19. The van der Waals surface area contributed by atoms with E-state index < -0.39 is 34.9 Å². The molecule has 0 radical (unpaired) electrons. The summed E-state index contributed by atoms with van der Waals surface area (Å²) in [5.41, 5.74) is -0.925. The summed E-state index contributed by atoms with van der Waals surface area (Å²) >= 11 is 0. The van der Waals surface area contributed by atoms with E-state index in [0.717, 1.165) is 6.07 Å². The summed E-state index contributed by atoms with van der Waals surface area (Å²) in [4.78, 5) is 33.4. The Morgan fingerprint density at radius 2 is 1.96 bits per heavy atom. The fraction of sp³-hybridized carbons (Fsp3) is 0.467. The third kappa shape index (κ3) is 6.51. The van der Waals surface area contributed by atoms with E-state index in [2.05, 4.69) is 10.1 Å². The van der Waals surface area contributed by atoms with Crippen molar-refractivity contribution in [2.75, 3.05) is 18.5 Å². The van der Waals surface area contributed by atoms with Crippen LogP contribution in [0.5, 0.6) is 5.75 Å². The van der Waals surface area contributed by atoms with Gasteiger partial charge in [0.2, 0.25) is 0 Å². The number of nitro groups is 1. The fourth-order valence-electron chi connectivity index (χ4n) is 1.62. The summed E-state index contributed by atoms with van der Waals surface area (Å²) in [6.45, 7) is 6.46. The van der Waals surface area contributed by atoms with Crippen molar-refractivity contribution in [2.24, 2.45) is 0 Å². The summed E-state index contributed by atoms with van der Waals surface area (Å²) in [5, 5.41) is 13.5. The van der Waals surface area contributed by atoms with Crippen LogP contribution in [-0.2, 0) is 14.3 Å². The number of rotatable bonds is 6. The molecule has 0 aliphatic heterocycles. The van der Waals surface area contributed by atoms with Gasteiger partial charge in [-0.15, -0.1) is 0 Å². The van der Waals surface area contributed by atoms with Crippen molar-refractivity contribution in [1.29, 1.82) is 0 Å². The van der Waals surface area contributed by atoms with Gasteiger partial charge in [-0.2, -0.15) is 0 Å². The third-order valence-corrected chi connectivity index (χ3v) is 2.45. The van der Waals surface area contributed by atoms with Gasteiger partial charge < -0.3 is 14.2 Å². The lowest BCUT2D eigenvalue weighted by atomic mass is 10.2. The van der Waals surface area contributed by atoms with Gasteiger partial charge in [0.15, 0.2) is 12.4 Å². The zero-order valence-corrected chi connectivity index (χ0v) is 14.0. The smallest absolute Gasteiger partial charge is 0.412 e. The highest BCUT2D eigenvalue weighted by Crippen LogP contribution is 2.30. The lowest BCUT2D eigenvalue weighted by Crippen LogP contribution is -2.27. The molecule has 9 nitrogen and oxygen atoms in total. The Bertz CT molecular complexity index is 623. The van der Waals surface area contributed by atoms with Gasteiger partial charge in [-0.3, -0.25) is 15.4 Å². The van der Waals surface area contributed by atoms with Gasteiger partial charge >= 0.3 is 17.7 Å². The molecule has 0 atom stereocenters. The average molecular weight is 340 g/mol. The van der Waals surface area contributed by atoms with Crippen LogP contribution in [0.4, 0.5) is 16.2 Å². The zero-order valence-electron chi connectivity index (χ0n) is 14.0. The topological polar surface area (TPSA) is 117 Å². The number of hydrogen-bond donors (Lipinski definition) is 1. The van der Waals surface area contributed by atoms with Gasteiger partial charge in [-0.25, -0.2) is 9.59 Å². The highest BCUT2D eigenvalue weighted by Gasteiger charge is 2.20. The summed E-state index contributed by atoms with van der Waals surface area (Å²) in [5.74, 6) is -0.745. The quantitative estimate of drug-likeness (QED) is 0.480. The van der Waals surface area contributed by atoms with E-state index in [4.69, 9.17) is 9.47 Å². The van der Waals surface area contributed by atoms with Crippen LogP contribution in [-0.4, -0.2) is 35.8 Å². The highest BCUT2D eigenvalue weighted by atomic mass is 16.6. The Hall–Kier alpha value is -2.84. The lowest BCUT2D eigenvalue weighted by molar-refractivity contribution is -0.385. The molecular formula is C15H20N2O7. The third-order valence-electron chi connectivity index (χ3n) is 2.45. The minimum atomic E-state index is -0.739. The largest absolute Gasteiger partial charge is 0.475 e. The summed E-state index contributed by atoms with van der Waals surface area (Å²) < 4.78 is 14.8. The van der Waals surface area contributed by atoms with E-state index in [9.17, 15) is 19.7 Å². The zero-order chi connectivity index (χ0) is 18.3. The second kappa shape index (κ2) is 8.14. The normalized spacial score (nSPS) is 10.7. The first-order valence-electron chi connectivity index (χ1n) is 7.19. The van der Waals surface area contributed by atoms with Gasteiger partial charge in [0.1, 0.15) is 5.60 Å². The van der Waals surface area contributed by atoms with Gasteiger partial charge in [0.05, 0.1) is 17.2 Å². The molecule has 24 heavy (non-hydrogen) atoms. The number of hydrogen-bond acceptors (Lipinski definition) is 7. The predicted octanol–water partition coefficient (Wildman–Crippen LogP) is 2.88. The SMILES string of the molecule is CCOC(=O)COc1ccc(NC(=O)OC(C)(C)C)cc1[N+](=O)[O-]. The number of anilines is 1. The van der Waals surface area contributed by atoms with Crippen molar-refractivity contribution in [3.05, 3.63) is 28.3 Å². The molecule has 1 rings (SSSR count). The van der Waals surface area contributed by atoms with E-state index in [1.807, 2.05) is 0 Å². The summed E-state index contributed by atoms with van der Waals surface area (Å²) in [7, 11) is 0. The van der Waals surface area contributed by atoms with Crippen molar-refractivity contribution >= 4 is 23.4 Å². The van der Waals surface area contributed by atoms with Crippen LogP contribution in [0.3, 0.4) is 0 Å². The van der Waals surface area contributed by atoms with Crippen LogP contribution < -0.4 is 10.1 Å². The maximum atomic E-state index is 11.7. The molecule has 0 saturated carbocycles. The van der Waals surface area contributed by atoms with E-state index in [1.165, 1.54) is 12.1 Å². The highest BCUT2D eigenvalue weighted by molar-refractivity contribution is 5.85. The molecule has 132 valence electrons. The molecule has 1 aromatic rings. The molecule has 0 bridgehead atoms. The molecule has 0 aromatic heterocycles. The molecular weight excluding hydrogens is 320 g/mol. The molecule has 0 aliphatic carbocycles.